The number of rotatable bonds is 0. The fourth-order valence-electron chi connectivity index (χ4n) is 0.0833. The van der Waals surface area contributed by atoms with Gasteiger partial charge in [0.05, 0.1) is 0 Å². The minimum Gasteiger partial charge on any atom is -0.102 e. The Morgan fingerprint density at radius 1 is 1.80 bits per heavy atom. The van der Waals surface area contributed by atoms with Gasteiger partial charge >= 0.3 is 0 Å². The lowest BCUT2D eigenvalue weighted by Crippen LogP contribution is -1.35. The van der Waals surface area contributed by atoms with Crippen LogP contribution in [0.5, 0.6) is 0 Å². The van der Waals surface area contributed by atoms with Gasteiger partial charge in [-0.05, 0) is 13.0 Å². The van der Waals surface area contributed by atoms with Crippen LogP contribution in [-0.2, 0) is 0 Å². The Morgan fingerprint density at radius 3 is 2.40 bits per heavy atom. The van der Waals surface area contributed by atoms with Crippen LogP contribution >= 0.6 is 0 Å². The van der Waals surface area contributed by atoms with Gasteiger partial charge in [0.1, 0.15) is 0 Å². The summed E-state index contributed by atoms with van der Waals surface area (Å²) in [5.74, 6) is 5.10. The summed E-state index contributed by atoms with van der Waals surface area (Å²) >= 11 is 0. The van der Waals surface area contributed by atoms with Crippen molar-refractivity contribution in [1.29, 1.82) is 0 Å². The van der Waals surface area contributed by atoms with E-state index in [1.54, 1.807) is 6.92 Å². The van der Waals surface area contributed by atoms with Gasteiger partial charge in [-0.15, -0.1) is 5.92 Å². The second-order valence-electron chi connectivity index (χ2n) is 0.561. The van der Waals surface area contributed by atoms with Crippen molar-refractivity contribution in [3.8, 4) is 11.8 Å². The maximum Gasteiger partial charge on any atom is -0.00235 e. The smallest absolute Gasteiger partial charge is 0.00235 e. The molecule has 0 aliphatic carbocycles. The molecule has 0 N–H and O–H groups in total. The molecule has 0 spiro atoms. The molecule has 0 aromatic carbocycles. The molecule has 1 radical (unpaired) electrons. The van der Waals surface area contributed by atoms with Crippen LogP contribution in [0.2, 0.25) is 0 Å². The van der Waals surface area contributed by atoms with Gasteiger partial charge in [-0.2, -0.15) is 0 Å². The third-order valence-corrected chi connectivity index (χ3v) is 0.228. The Hall–Kier alpha value is -0.700. The topological polar surface area (TPSA) is 0 Å². The van der Waals surface area contributed by atoms with Crippen molar-refractivity contribution in [1.82, 2.24) is 0 Å². The fourth-order valence-corrected chi connectivity index (χ4v) is 0.0833. The average Bonchev–Trinajstić information content (AvgIpc) is 1.41. The van der Waals surface area contributed by atoms with Gasteiger partial charge in [0.15, 0.2) is 0 Å². The second-order valence-corrected chi connectivity index (χ2v) is 0.561. The molecule has 0 nitrogen and oxygen atoms in total. The lowest BCUT2D eigenvalue weighted by atomic mass is 10.6. The lowest BCUT2D eigenvalue weighted by molar-refractivity contribution is 1.91. The van der Waals surface area contributed by atoms with E-state index in [1.807, 2.05) is 0 Å². The maximum absolute atomic E-state index is 4.84. The summed E-state index contributed by atoms with van der Waals surface area (Å²) in [4.78, 5) is 0. The van der Waals surface area contributed by atoms with Crippen molar-refractivity contribution in [2.24, 2.45) is 0 Å². The van der Waals surface area contributed by atoms with Crippen molar-refractivity contribution in [2.75, 3.05) is 0 Å². The minimum atomic E-state index is 1.32. The Bertz CT molecular complexity index is 69.8. The molecule has 0 saturated heterocycles. The summed E-state index contributed by atoms with van der Waals surface area (Å²) in [6.45, 7) is 6.58. The van der Waals surface area contributed by atoms with Crippen molar-refractivity contribution < 1.29 is 0 Å². The number of allylic oxidation sites excluding steroid dienone is 1. The van der Waals surface area contributed by atoms with E-state index in [-0.39, 0.29) is 0 Å². The van der Waals surface area contributed by atoms with Crippen LogP contribution in [0, 0.1) is 18.4 Å². The molecule has 0 heteroatoms. The summed E-state index contributed by atoms with van der Waals surface area (Å²) in [7, 11) is 0. The third-order valence-electron chi connectivity index (χ3n) is 0.228. The molecule has 0 aromatic rings. The molecular weight excluding hydrogens is 60.1 g/mol. The van der Waals surface area contributed by atoms with Crippen LogP contribution in [0.1, 0.15) is 6.92 Å². The van der Waals surface area contributed by atoms with E-state index in [0.29, 0.717) is 0 Å². The van der Waals surface area contributed by atoms with Crippen LogP contribution in [0.25, 0.3) is 0 Å². The summed E-state index contributed by atoms with van der Waals surface area (Å²) in [6.07, 6.45) is 1.32. The Morgan fingerprint density at radius 2 is 2.40 bits per heavy atom. The minimum absolute atomic E-state index is 1.32. The van der Waals surface area contributed by atoms with Gasteiger partial charge in [0.2, 0.25) is 0 Å². The van der Waals surface area contributed by atoms with E-state index in [0.717, 1.165) is 0 Å². The van der Waals surface area contributed by atoms with E-state index in [1.165, 1.54) is 6.08 Å². The number of hydrogen-bond acceptors (Lipinski definition) is 0. The number of hydrogen-bond donors (Lipinski definition) is 0. The van der Waals surface area contributed by atoms with Crippen LogP contribution < -0.4 is 0 Å². The molecule has 5 heavy (non-hydrogen) atoms. The van der Waals surface area contributed by atoms with E-state index in [4.69, 9.17) is 6.58 Å². The Labute approximate surface area is 32.5 Å². The van der Waals surface area contributed by atoms with Crippen LogP contribution in [0.15, 0.2) is 6.08 Å². The summed E-state index contributed by atoms with van der Waals surface area (Å²) < 4.78 is 0. The first-order valence-corrected chi connectivity index (χ1v) is 1.37. The van der Waals surface area contributed by atoms with Gasteiger partial charge in [-0.3, -0.25) is 0 Å². The van der Waals surface area contributed by atoms with E-state index in [2.05, 4.69) is 11.8 Å². The van der Waals surface area contributed by atoms with Gasteiger partial charge in [0, 0.05) is 0 Å². The molecule has 0 aliphatic rings. The van der Waals surface area contributed by atoms with E-state index in [9.17, 15) is 0 Å². The maximum atomic E-state index is 4.84. The molecular formula is C5H5. The molecule has 0 atom stereocenters. The zero-order valence-corrected chi connectivity index (χ0v) is 3.15. The summed E-state index contributed by atoms with van der Waals surface area (Å²) in [5, 5.41) is 0. The largest absolute Gasteiger partial charge is 0.102 e. The van der Waals surface area contributed by atoms with Crippen molar-refractivity contribution in [3.05, 3.63) is 12.7 Å². The molecule has 0 aliphatic heterocycles. The van der Waals surface area contributed by atoms with Crippen LogP contribution in [-0.4, -0.2) is 0 Å². The highest BCUT2D eigenvalue weighted by atomic mass is 13.4. The molecule has 0 amide bonds. The molecule has 0 rings (SSSR count). The fraction of sp³-hybridized carbons (Fsp3) is 0.200. The molecule has 0 bridgehead atoms. The Kier molecular flexibility index (Phi) is 2.84. The van der Waals surface area contributed by atoms with Crippen molar-refractivity contribution in [2.45, 2.75) is 6.92 Å². The quantitative estimate of drug-likeness (QED) is 0.369. The summed E-state index contributed by atoms with van der Waals surface area (Å²) in [6, 6.07) is 0. The highest BCUT2D eigenvalue weighted by molar-refractivity contribution is 5.08. The third kappa shape index (κ3) is 3.30. The molecule has 0 heterocycles. The predicted octanol–water partition coefficient (Wildman–Crippen LogP) is 0.999. The first-order valence-electron chi connectivity index (χ1n) is 1.37. The highest BCUT2D eigenvalue weighted by Gasteiger charge is 1.36. The molecule has 0 fully saturated rings. The first-order chi connectivity index (χ1) is 2.41. The standard InChI is InChI=1S/C5H5/c1-3-5-4-2/h1,3H,2H3. The van der Waals surface area contributed by atoms with Crippen molar-refractivity contribution in [3.63, 3.8) is 0 Å². The van der Waals surface area contributed by atoms with Gasteiger partial charge in [-0.1, -0.05) is 12.5 Å². The second kappa shape index (κ2) is 3.30. The predicted molar refractivity (Wildman–Crippen MR) is 22.3 cm³/mol. The zero-order chi connectivity index (χ0) is 4.12. The first kappa shape index (κ1) is 4.30. The summed E-state index contributed by atoms with van der Waals surface area (Å²) in [5.41, 5.74) is 0. The van der Waals surface area contributed by atoms with Crippen molar-refractivity contribution >= 4 is 0 Å². The SMILES string of the molecule is [CH]=CC#CC. The lowest BCUT2D eigenvalue weighted by Gasteiger charge is -1.47. The van der Waals surface area contributed by atoms with Gasteiger partial charge in [0.25, 0.3) is 0 Å². The monoisotopic (exact) mass is 65.0 g/mol. The van der Waals surface area contributed by atoms with Crippen LogP contribution in [0.3, 0.4) is 0 Å². The van der Waals surface area contributed by atoms with Gasteiger partial charge in [-0.25, -0.2) is 0 Å². The molecule has 25 valence electrons. The van der Waals surface area contributed by atoms with E-state index < -0.39 is 0 Å². The molecule has 0 aromatic heterocycles. The van der Waals surface area contributed by atoms with Gasteiger partial charge < -0.3 is 0 Å². The zero-order valence-electron chi connectivity index (χ0n) is 3.15. The molecule has 0 unspecified atom stereocenters. The average molecular weight is 65.1 g/mol. The van der Waals surface area contributed by atoms with Crippen LogP contribution in [0.4, 0.5) is 0 Å². The highest BCUT2D eigenvalue weighted by Crippen LogP contribution is 1.49. The van der Waals surface area contributed by atoms with E-state index >= 15 is 0 Å². The molecule has 0 saturated carbocycles. The Balaban J connectivity index is 3.16. The normalized spacial score (nSPS) is 4.20.